The third-order valence-electron chi connectivity index (χ3n) is 2.65. The van der Waals surface area contributed by atoms with E-state index in [4.69, 9.17) is 17.3 Å². The number of nitrogens with two attached hydrogens (primary N) is 1. The Morgan fingerprint density at radius 2 is 2.17 bits per heavy atom. The second-order valence-electron chi connectivity index (χ2n) is 4.28. The molecule has 0 spiro atoms. The van der Waals surface area contributed by atoms with Gasteiger partial charge >= 0.3 is 0 Å². The van der Waals surface area contributed by atoms with E-state index in [-0.39, 0.29) is 0 Å². The number of likely N-dealkylation sites (N-methyl/N-ethyl adjacent to an activating group) is 1. The van der Waals surface area contributed by atoms with Crippen molar-refractivity contribution in [3.05, 3.63) is 45.4 Å². The third-order valence-corrected chi connectivity index (χ3v) is 3.87. The summed E-state index contributed by atoms with van der Waals surface area (Å²) >= 11 is 7.54. The van der Waals surface area contributed by atoms with Gasteiger partial charge in [-0.3, -0.25) is 4.98 Å². The quantitative estimate of drug-likeness (QED) is 0.916. The minimum Gasteiger partial charge on any atom is -0.397 e. The van der Waals surface area contributed by atoms with Crippen molar-refractivity contribution in [2.24, 2.45) is 0 Å². The zero-order valence-corrected chi connectivity index (χ0v) is 11.8. The van der Waals surface area contributed by atoms with Gasteiger partial charge in [-0.2, -0.15) is 0 Å². The molecular formula is C13H16ClN3S. The van der Waals surface area contributed by atoms with E-state index in [9.17, 15) is 0 Å². The summed E-state index contributed by atoms with van der Waals surface area (Å²) in [6, 6.07) is 7.88. The predicted octanol–water partition coefficient (Wildman–Crippen LogP) is 3.05. The Morgan fingerprint density at radius 1 is 1.33 bits per heavy atom. The second-order valence-corrected chi connectivity index (χ2v) is 6.08. The number of aromatic nitrogens is 1. The number of nitrogen functional groups attached to an aromatic ring is 1. The van der Waals surface area contributed by atoms with Crippen LogP contribution in [-0.2, 0) is 13.0 Å². The van der Waals surface area contributed by atoms with Crippen molar-refractivity contribution in [2.75, 3.05) is 19.3 Å². The molecule has 2 aromatic heterocycles. The highest BCUT2D eigenvalue weighted by atomic mass is 35.5. The van der Waals surface area contributed by atoms with E-state index in [0.29, 0.717) is 5.69 Å². The molecule has 3 nitrogen and oxygen atoms in total. The van der Waals surface area contributed by atoms with E-state index in [1.54, 1.807) is 17.5 Å². The van der Waals surface area contributed by atoms with Gasteiger partial charge in [-0.25, -0.2) is 0 Å². The Kier molecular flexibility index (Phi) is 4.58. The summed E-state index contributed by atoms with van der Waals surface area (Å²) in [7, 11) is 2.10. The molecule has 0 saturated heterocycles. The molecule has 18 heavy (non-hydrogen) atoms. The Labute approximate surface area is 116 Å². The van der Waals surface area contributed by atoms with Crippen molar-refractivity contribution in [3.63, 3.8) is 0 Å². The molecule has 0 bridgehead atoms. The second kappa shape index (κ2) is 6.18. The van der Waals surface area contributed by atoms with Crippen LogP contribution in [0.15, 0.2) is 30.5 Å². The van der Waals surface area contributed by atoms with Gasteiger partial charge in [0.05, 0.1) is 16.2 Å². The van der Waals surface area contributed by atoms with Crippen LogP contribution in [0, 0.1) is 0 Å². The van der Waals surface area contributed by atoms with Crippen molar-refractivity contribution in [2.45, 2.75) is 13.0 Å². The zero-order chi connectivity index (χ0) is 13.0. The van der Waals surface area contributed by atoms with Crippen LogP contribution in [0.3, 0.4) is 0 Å². The van der Waals surface area contributed by atoms with Gasteiger partial charge in [0.1, 0.15) is 0 Å². The summed E-state index contributed by atoms with van der Waals surface area (Å²) < 4.78 is 0.846. The first kappa shape index (κ1) is 13.3. The predicted molar refractivity (Wildman–Crippen MR) is 78.0 cm³/mol. The normalized spacial score (nSPS) is 11.1. The van der Waals surface area contributed by atoms with Crippen molar-refractivity contribution < 1.29 is 0 Å². The maximum absolute atomic E-state index is 5.91. The molecule has 0 atom stereocenters. The molecule has 2 heterocycles. The van der Waals surface area contributed by atoms with Crippen LogP contribution in [0.4, 0.5) is 5.69 Å². The van der Waals surface area contributed by atoms with Gasteiger partial charge in [-0.15, -0.1) is 11.3 Å². The Morgan fingerprint density at radius 3 is 2.78 bits per heavy atom. The standard InChI is InChI=1S/C13H16ClN3S/c1-17(9-12-4-5-13(14)18-12)7-6-11-3-2-10(15)8-16-11/h2-5,8H,6-7,9,15H2,1H3. The van der Waals surface area contributed by atoms with E-state index in [1.165, 1.54) is 4.88 Å². The van der Waals surface area contributed by atoms with Crippen molar-refractivity contribution in [1.82, 2.24) is 9.88 Å². The molecule has 0 amide bonds. The first-order chi connectivity index (χ1) is 8.63. The van der Waals surface area contributed by atoms with Crippen LogP contribution >= 0.6 is 22.9 Å². The topological polar surface area (TPSA) is 42.1 Å². The fourth-order valence-corrected chi connectivity index (χ4v) is 2.84. The number of rotatable bonds is 5. The fraction of sp³-hybridized carbons (Fsp3) is 0.308. The molecule has 0 aliphatic carbocycles. The van der Waals surface area contributed by atoms with Crippen LogP contribution in [0.25, 0.3) is 0 Å². The number of pyridine rings is 1. The first-order valence-electron chi connectivity index (χ1n) is 5.76. The highest BCUT2D eigenvalue weighted by Crippen LogP contribution is 2.22. The number of thiophene rings is 1. The molecule has 0 saturated carbocycles. The third kappa shape index (κ3) is 3.98. The summed E-state index contributed by atoms with van der Waals surface area (Å²) in [6.45, 7) is 1.89. The van der Waals surface area contributed by atoms with Gasteiger partial charge < -0.3 is 10.6 Å². The number of hydrogen-bond donors (Lipinski definition) is 1. The highest BCUT2D eigenvalue weighted by molar-refractivity contribution is 7.16. The van der Waals surface area contributed by atoms with E-state index in [1.807, 2.05) is 18.2 Å². The number of hydrogen-bond acceptors (Lipinski definition) is 4. The van der Waals surface area contributed by atoms with Gasteiger partial charge in [-0.05, 0) is 31.3 Å². The van der Waals surface area contributed by atoms with Crippen LogP contribution in [0.1, 0.15) is 10.6 Å². The smallest absolute Gasteiger partial charge is 0.0931 e. The summed E-state index contributed by atoms with van der Waals surface area (Å²) in [5.74, 6) is 0. The molecule has 2 rings (SSSR count). The van der Waals surface area contributed by atoms with E-state index < -0.39 is 0 Å². The average molecular weight is 282 g/mol. The molecule has 0 radical (unpaired) electrons. The number of anilines is 1. The Hall–Kier alpha value is -1.10. The lowest BCUT2D eigenvalue weighted by Gasteiger charge is -2.15. The lowest BCUT2D eigenvalue weighted by molar-refractivity contribution is 0.333. The maximum atomic E-state index is 5.91. The van der Waals surface area contributed by atoms with Gasteiger partial charge in [0, 0.05) is 30.1 Å². The molecule has 96 valence electrons. The molecule has 2 aromatic rings. The average Bonchev–Trinajstić information content (AvgIpc) is 2.74. The van der Waals surface area contributed by atoms with Gasteiger partial charge in [0.15, 0.2) is 0 Å². The van der Waals surface area contributed by atoms with Gasteiger partial charge in [0.2, 0.25) is 0 Å². The first-order valence-corrected chi connectivity index (χ1v) is 6.96. The van der Waals surface area contributed by atoms with Crippen LogP contribution in [-0.4, -0.2) is 23.5 Å². The van der Waals surface area contributed by atoms with Crippen molar-refractivity contribution in [1.29, 1.82) is 0 Å². The molecular weight excluding hydrogens is 266 g/mol. The lowest BCUT2D eigenvalue weighted by atomic mass is 10.2. The fourth-order valence-electron chi connectivity index (χ4n) is 1.67. The van der Waals surface area contributed by atoms with Crippen LogP contribution in [0.2, 0.25) is 4.34 Å². The highest BCUT2D eigenvalue weighted by Gasteiger charge is 2.04. The molecule has 2 N–H and O–H groups in total. The minimum atomic E-state index is 0.709. The van der Waals surface area contributed by atoms with Crippen molar-refractivity contribution in [3.8, 4) is 0 Å². The van der Waals surface area contributed by atoms with Crippen LogP contribution in [0.5, 0.6) is 0 Å². The minimum absolute atomic E-state index is 0.709. The molecule has 0 aliphatic heterocycles. The SMILES string of the molecule is CN(CCc1ccc(N)cn1)Cc1ccc(Cl)s1. The summed E-state index contributed by atoms with van der Waals surface area (Å²) in [4.78, 5) is 7.84. The van der Waals surface area contributed by atoms with E-state index >= 15 is 0 Å². The van der Waals surface area contributed by atoms with E-state index in [0.717, 1.165) is 29.5 Å². The largest absolute Gasteiger partial charge is 0.397 e. The van der Waals surface area contributed by atoms with Gasteiger partial charge in [-0.1, -0.05) is 11.6 Å². The maximum Gasteiger partial charge on any atom is 0.0931 e. The van der Waals surface area contributed by atoms with E-state index in [2.05, 4.69) is 23.0 Å². The zero-order valence-electron chi connectivity index (χ0n) is 10.3. The summed E-state index contributed by atoms with van der Waals surface area (Å²) in [5, 5.41) is 0. The summed E-state index contributed by atoms with van der Waals surface area (Å²) in [6.07, 6.45) is 2.63. The van der Waals surface area contributed by atoms with Gasteiger partial charge in [0.25, 0.3) is 0 Å². The van der Waals surface area contributed by atoms with Crippen molar-refractivity contribution >= 4 is 28.6 Å². The number of halogens is 1. The monoisotopic (exact) mass is 281 g/mol. The molecule has 0 aliphatic rings. The Bertz CT molecular complexity index is 495. The summed E-state index contributed by atoms with van der Waals surface area (Å²) in [5.41, 5.74) is 7.38. The number of nitrogens with zero attached hydrogens (tertiary/aromatic N) is 2. The molecule has 0 unspecified atom stereocenters. The molecule has 0 fully saturated rings. The van der Waals surface area contributed by atoms with Crippen LogP contribution < -0.4 is 5.73 Å². The Balaban J connectivity index is 1.81. The lowest BCUT2D eigenvalue weighted by Crippen LogP contribution is -2.20. The molecule has 0 aromatic carbocycles. The molecule has 5 heteroatoms.